The van der Waals surface area contributed by atoms with Crippen LogP contribution < -0.4 is 5.32 Å². The summed E-state index contributed by atoms with van der Waals surface area (Å²) in [6, 6.07) is 0.588. The van der Waals surface area contributed by atoms with Gasteiger partial charge in [-0.2, -0.15) is 0 Å². The maximum Gasteiger partial charge on any atom is 0.224 e. The molecule has 0 unspecified atom stereocenters. The van der Waals surface area contributed by atoms with E-state index in [1.165, 1.54) is 25.7 Å². The molecule has 3 aliphatic carbocycles. The minimum atomic E-state index is 0.174. The molecule has 0 aromatic carbocycles. The molecule has 0 saturated heterocycles. The molecule has 0 radical (unpaired) electrons. The van der Waals surface area contributed by atoms with Crippen LogP contribution in [0.2, 0.25) is 0 Å². The summed E-state index contributed by atoms with van der Waals surface area (Å²) in [5, 5.41) is 11.7. The molecule has 0 aliphatic heterocycles. The first-order valence-electron chi connectivity index (χ1n) is 7.77. The lowest BCUT2D eigenvalue weighted by atomic mass is 10.1. The molecule has 1 N–H and O–H groups in total. The van der Waals surface area contributed by atoms with E-state index in [0.29, 0.717) is 18.5 Å². The lowest BCUT2D eigenvalue weighted by Gasteiger charge is -2.10. The molecule has 1 amide bonds. The summed E-state index contributed by atoms with van der Waals surface area (Å²) < 4.78 is 2.30. The third-order valence-electron chi connectivity index (χ3n) is 4.90. The molecule has 4 rings (SSSR count). The van der Waals surface area contributed by atoms with Crippen LogP contribution in [0.25, 0.3) is 0 Å². The minimum Gasteiger partial charge on any atom is -0.349 e. The van der Waals surface area contributed by atoms with E-state index in [2.05, 4.69) is 33.9 Å². The highest BCUT2D eigenvalue weighted by Crippen LogP contribution is 2.51. The first-order chi connectivity index (χ1) is 9.56. The van der Waals surface area contributed by atoms with Gasteiger partial charge in [0, 0.05) is 17.9 Å². The molecule has 1 heterocycles. The molecule has 108 valence electrons. The molecule has 0 spiro atoms. The monoisotopic (exact) mass is 274 g/mol. The van der Waals surface area contributed by atoms with Crippen LogP contribution in [0.5, 0.6) is 0 Å². The zero-order valence-electron chi connectivity index (χ0n) is 12.2. The predicted octanol–water partition coefficient (Wildman–Crippen LogP) is 2.15. The van der Waals surface area contributed by atoms with Crippen molar-refractivity contribution in [1.29, 1.82) is 0 Å². The fourth-order valence-electron chi connectivity index (χ4n) is 3.01. The first-order valence-corrected chi connectivity index (χ1v) is 7.77. The summed E-state index contributed by atoms with van der Waals surface area (Å²) in [6.45, 7) is 4.83. The highest BCUT2D eigenvalue weighted by atomic mass is 16.2. The Labute approximate surface area is 119 Å². The average Bonchev–Trinajstić information content (AvgIpc) is 3.25. The summed E-state index contributed by atoms with van der Waals surface area (Å²) in [5.74, 6) is 3.08. The molecule has 5 heteroatoms. The molecule has 3 saturated carbocycles. The third kappa shape index (κ3) is 2.13. The van der Waals surface area contributed by atoms with Gasteiger partial charge in [-0.25, -0.2) is 0 Å². The molecule has 3 aliphatic rings. The standard InChI is InChI=1S/C15H22N4O/c1-15(2)7-11(15)14(20)16-8-12-17-18-13(9-3-4-9)19(12)10-5-6-10/h9-11H,3-8H2,1-2H3,(H,16,20)/t11-/m0/s1. The second-order valence-electron chi connectivity index (χ2n) is 7.31. The zero-order chi connectivity index (χ0) is 13.9. The van der Waals surface area contributed by atoms with Crippen molar-refractivity contribution >= 4 is 5.91 Å². The second kappa shape index (κ2) is 4.06. The molecule has 3 fully saturated rings. The van der Waals surface area contributed by atoms with E-state index in [1.807, 2.05) is 0 Å². The zero-order valence-corrected chi connectivity index (χ0v) is 12.2. The van der Waals surface area contributed by atoms with E-state index in [9.17, 15) is 4.79 Å². The van der Waals surface area contributed by atoms with Gasteiger partial charge in [0.15, 0.2) is 5.82 Å². The van der Waals surface area contributed by atoms with Crippen molar-refractivity contribution < 1.29 is 4.79 Å². The largest absolute Gasteiger partial charge is 0.349 e. The highest BCUT2D eigenvalue weighted by molar-refractivity contribution is 5.82. The SMILES string of the molecule is CC1(C)C[C@H]1C(=O)NCc1nnc(C2CC2)n1C1CC1. The van der Waals surface area contributed by atoms with Crippen molar-refractivity contribution in [2.24, 2.45) is 11.3 Å². The van der Waals surface area contributed by atoms with E-state index in [1.54, 1.807) is 0 Å². The van der Waals surface area contributed by atoms with Crippen LogP contribution in [0.15, 0.2) is 0 Å². The summed E-state index contributed by atoms with van der Waals surface area (Å²) >= 11 is 0. The molecule has 1 aromatic heterocycles. The minimum absolute atomic E-state index is 0.174. The molecule has 1 aromatic rings. The predicted molar refractivity (Wildman–Crippen MR) is 74.0 cm³/mol. The van der Waals surface area contributed by atoms with E-state index < -0.39 is 0 Å². The van der Waals surface area contributed by atoms with Gasteiger partial charge in [0.05, 0.1) is 6.54 Å². The Morgan fingerprint density at radius 2 is 2.00 bits per heavy atom. The van der Waals surface area contributed by atoms with Gasteiger partial charge in [0.2, 0.25) is 5.91 Å². The molecular weight excluding hydrogens is 252 g/mol. The number of hydrogen-bond acceptors (Lipinski definition) is 3. The van der Waals surface area contributed by atoms with Crippen LogP contribution in [0, 0.1) is 11.3 Å². The number of hydrogen-bond donors (Lipinski definition) is 1. The van der Waals surface area contributed by atoms with Crippen LogP contribution >= 0.6 is 0 Å². The van der Waals surface area contributed by atoms with E-state index in [4.69, 9.17) is 0 Å². The van der Waals surface area contributed by atoms with Crippen molar-refractivity contribution in [3.05, 3.63) is 11.6 Å². The van der Waals surface area contributed by atoms with E-state index in [0.717, 1.165) is 18.1 Å². The number of rotatable bonds is 5. The summed E-state index contributed by atoms with van der Waals surface area (Å²) in [7, 11) is 0. The topological polar surface area (TPSA) is 59.8 Å². The van der Waals surface area contributed by atoms with Crippen molar-refractivity contribution in [3.8, 4) is 0 Å². The maximum atomic E-state index is 12.1. The highest BCUT2D eigenvalue weighted by Gasteiger charge is 2.50. The van der Waals surface area contributed by atoms with Crippen LogP contribution in [-0.2, 0) is 11.3 Å². The Hall–Kier alpha value is -1.39. The smallest absolute Gasteiger partial charge is 0.224 e. The Morgan fingerprint density at radius 1 is 1.30 bits per heavy atom. The fourth-order valence-corrected chi connectivity index (χ4v) is 3.01. The molecule has 0 bridgehead atoms. The molecule has 20 heavy (non-hydrogen) atoms. The first kappa shape index (κ1) is 12.4. The molecular formula is C15H22N4O. The average molecular weight is 274 g/mol. The second-order valence-corrected chi connectivity index (χ2v) is 7.31. The number of aromatic nitrogens is 3. The molecule has 1 atom stereocenters. The van der Waals surface area contributed by atoms with Gasteiger partial charge < -0.3 is 9.88 Å². The van der Waals surface area contributed by atoms with Gasteiger partial charge >= 0.3 is 0 Å². The van der Waals surface area contributed by atoms with Crippen molar-refractivity contribution in [2.45, 2.75) is 64.5 Å². The van der Waals surface area contributed by atoms with Crippen molar-refractivity contribution in [1.82, 2.24) is 20.1 Å². The maximum absolute atomic E-state index is 12.1. The molecule has 5 nitrogen and oxygen atoms in total. The van der Waals surface area contributed by atoms with Crippen LogP contribution in [0.3, 0.4) is 0 Å². The van der Waals surface area contributed by atoms with Gasteiger partial charge in [-0.15, -0.1) is 10.2 Å². The fraction of sp³-hybridized carbons (Fsp3) is 0.800. The van der Waals surface area contributed by atoms with Gasteiger partial charge in [-0.3, -0.25) is 4.79 Å². The van der Waals surface area contributed by atoms with E-state index >= 15 is 0 Å². The van der Waals surface area contributed by atoms with Crippen molar-refractivity contribution in [2.75, 3.05) is 0 Å². The van der Waals surface area contributed by atoms with Gasteiger partial charge in [0.25, 0.3) is 0 Å². The lowest BCUT2D eigenvalue weighted by molar-refractivity contribution is -0.123. The number of amides is 1. The van der Waals surface area contributed by atoms with Gasteiger partial charge in [0.1, 0.15) is 5.82 Å². The third-order valence-corrected chi connectivity index (χ3v) is 4.90. The summed E-state index contributed by atoms with van der Waals surface area (Å²) in [4.78, 5) is 12.1. The van der Waals surface area contributed by atoms with Gasteiger partial charge in [-0.1, -0.05) is 13.8 Å². The van der Waals surface area contributed by atoms with Crippen LogP contribution in [-0.4, -0.2) is 20.7 Å². The van der Waals surface area contributed by atoms with Crippen LogP contribution in [0.1, 0.15) is 69.6 Å². The lowest BCUT2D eigenvalue weighted by Crippen LogP contribution is -2.27. The van der Waals surface area contributed by atoms with Crippen molar-refractivity contribution in [3.63, 3.8) is 0 Å². The number of carbonyl (C=O) groups is 1. The van der Waals surface area contributed by atoms with Crippen LogP contribution in [0.4, 0.5) is 0 Å². The number of nitrogens with zero attached hydrogens (tertiary/aromatic N) is 3. The Kier molecular flexibility index (Phi) is 2.51. The quantitative estimate of drug-likeness (QED) is 0.895. The normalized spacial score (nSPS) is 27.4. The Bertz CT molecular complexity index is 554. The summed E-state index contributed by atoms with van der Waals surface area (Å²) in [5.41, 5.74) is 0.188. The van der Waals surface area contributed by atoms with Gasteiger partial charge in [-0.05, 0) is 37.5 Å². The number of nitrogens with one attached hydrogen (secondary N) is 1. The Morgan fingerprint density at radius 3 is 2.55 bits per heavy atom. The summed E-state index contributed by atoms with van der Waals surface area (Å²) in [6.07, 6.45) is 5.95. The Balaban J connectivity index is 1.45. The van der Waals surface area contributed by atoms with E-state index in [-0.39, 0.29) is 17.2 Å². The number of carbonyl (C=O) groups excluding carboxylic acids is 1.